The third-order valence-corrected chi connectivity index (χ3v) is 1.85. The van der Waals surface area contributed by atoms with Gasteiger partial charge in [0.2, 0.25) is 0 Å². The van der Waals surface area contributed by atoms with E-state index in [2.05, 4.69) is 5.10 Å². The lowest BCUT2D eigenvalue weighted by molar-refractivity contribution is 0.628. The summed E-state index contributed by atoms with van der Waals surface area (Å²) in [5, 5.41) is 4.20. The molecule has 0 bridgehead atoms. The SMILES string of the molecule is CC.Cn1ccc(-c2ccc(F)cc2)n1. The molecule has 0 spiro atoms. The summed E-state index contributed by atoms with van der Waals surface area (Å²) in [4.78, 5) is 0. The molecule has 0 amide bonds. The summed E-state index contributed by atoms with van der Waals surface area (Å²) in [5.41, 5.74) is 1.80. The van der Waals surface area contributed by atoms with Crippen molar-refractivity contribution >= 4 is 0 Å². The smallest absolute Gasteiger partial charge is 0.123 e. The Morgan fingerprint density at radius 3 is 2.13 bits per heavy atom. The van der Waals surface area contributed by atoms with E-state index in [4.69, 9.17) is 0 Å². The zero-order chi connectivity index (χ0) is 11.3. The van der Waals surface area contributed by atoms with E-state index in [0.717, 1.165) is 11.3 Å². The first-order valence-corrected chi connectivity index (χ1v) is 5.01. The number of halogens is 1. The molecule has 0 saturated heterocycles. The minimum atomic E-state index is -0.223. The van der Waals surface area contributed by atoms with Gasteiger partial charge in [0.15, 0.2) is 0 Å². The van der Waals surface area contributed by atoms with Crippen molar-refractivity contribution in [3.05, 3.63) is 42.3 Å². The van der Waals surface area contributed by atoms with Gasteiger partial charge in [0.05, 0.1) is 5.69 Å². The Hall–Kier alpha value is -1.64. The maximum atomic E-state index is 12.6. The van der Waals surface area contributed by atoms with Crippen LogP contribution in [0, 0.1) is 5.82 Å². The van der Waals surface area contributed by atoms with E-state index < -0.39 is 0 Å². The Labute approximate surface area is 89.4 Å². The number of hydrogen-bond acceptors (Lipinski definition) is 1. The molecule has 1 aromatic heterocycles. The van der Waals surface area contributed by atoms with Crippen molar-refractivity contribution in [2.75, 3.05) is 0 Å². The number of benzene rings is 1. The van der Waals surface area contributed by atoms with Crippen molar-refractivity contribution in [2.45, 2.75) is 13.8 Å². The average Bonchev–Trinajstić information content (AvgIpc) is 2.69. The second-order valence-electron chi connectivity index (χ2n) is 2.88. The van der Waals surface area contributed by atoms with Crippen LogP contribution in [0.15, 0.2) is 36.5 Å². The van der Waals surface area contributed by atoms with Gasteiger partial charge in [-0.15, -0.1) is 0 Å². The van der Waals surface area contributed by atoms with E-state index in [-0.39, 0.29) is 5.82 Å². The molecule has 3 heteroatoms. The number of hydrogen-bond donors (Lipinski definition) is 0. The second-order valence-corrected chi connectivity index (χ2v) is 2.88. The molecule has 1 aromatic carbocycles. The molecule has 1 heterocycles. The van der Waals surface area contributed by atoms with Crippen molar-refractivity contribution in [1.29, 1.82) is 0 Å². The molecular formula is C12H15FN2. The van der Waals surface area contributed by atoms with Gasteiger partial charge in [-0.3, -0.25) is 4.68 Å². The molecule has 0 atom stereocenters. The lowest BCUT2D eigenvalue weighted by Gasteiger charge is -1.95. The van der Waals surface area contributed by atoms with Crippen LogP contribution in [-0.4, -0.2) is 9.78 Å². The highest BCUT2D eigenvalue weighted by atomic mass is 19.1. The third-order valence-electron chi connectivity index (χ3n) is 1.85. The molecule has 0 radical (unpaired) electrons. The highest BCUT2D eigenvalue weighted by Gasteiger charge is 1.99. The van der Waals surface area contributed by atoms with Gasteiger partial charge in [-0.2, -0.15) is 5.10 Å². The van der Waals surface area contributed by atoms with Crippen molar-refractivity contribution in [3.63, 3.8) is 0 Å². The fourth-order valence-corrected chi connectivity index (χ4v) is 1.19. The van der Waals surface area contributed by atoms with Crippen LogP contribution in [0.2, 0.25) is 0 Å². The van der Waals surface area contributed by atoms with E-state index in [9.17, 15) is 4.39 Å². The topological polar surface area (TPSA) is 17.8 Å². The molecule has 0 N–H and O–H groups in total. The first-order valence-electron chi connectivity index (χ1n) is 5.01. The summed E-state index contributed by atoms with van der Waals surface area (Å²) >= 11 is 0. The summed E-state index contributed by atoms with van der Waals surface area (Å²) in [5.74, 6) is -0.223. The maximum absolute atomic E-state index is 12.6. The van der Waals surface area contributed by atoms with Gasteiger partial charge in [0.1, 0.15) is 5.82 Å². The van der Waals surface area contributed by atoms with E-state index in [1.54, 1.807) is 16.8 Å². The van der Waals surface area contributed by atoms with Gasteiger partial charge in [0, 0.05) is 18.8 Å². The second kappa shape index (κ2) is 5.29. The number of aromatic nitrogens is 2. The molecular weight excluding hydrogens is 191 g/mol. The molecule has 0 aliphatic heterocycles. The molecule has 2 nitrogen and oxygen atoms in total. The summed E-state index contributed by atoms with van der Waals surface area (Å²) in [6.07, 6.45) is 1.86. The van der Waals surface area contributed by atoms with Gasteiger partial charge in [0.25, 0.3) is 0 Å². The third kappa shape index (κ3) is 2.91. The highest BCUT2D eigenvalue weighted by molar-refractivity contribution is 5.58. The average molecular weight is 206 g/mol. The fraction of sp³-hybridized carbons (Fsp3) is 0.250. The predicted molar refractivity (Wildman–Crippen MR) is 60.0 cm³/mol. The zero-order valence-electron chi connectivity index (χ0n) is 9.24. The summed E-state index contributed by atoms with van der Waals surface area (Å²) in [7, 11) is 1.85. The Morgan fingerprint density at radius 2 is 1.67 bits per heavy atom. The van der Waals surface area contributed by atoms with Gasteiger partial charge in [-0.05, 0) is 30.3 Å². The highest BCUT2D eigenvalue weighted by Crippen LogP contribution is 2.16. The maximum Gasteiger partial charge on any atom is 0.123 e. The van der Waals surface area contributed by atoms with Crippen molar-refractivity contribution < 1.29 is 4.39 Å². The van der Waals surface area contributed by atoms with E-state index >= 15 is 0 Å². The predicted octanol–water partition coefficient (Wildman–Crippen LogP) is 3.25. The molecule has 2 aromatic rings. The van der Waals surface area contributed by atoms with Gasteiger partial charge < -0.3 is 0 Å². The van der Waals surface area contributed by atoms with Crippen LogP contribution in [0.25, 0.3) is 11.3 Å². The van der Waals surface area contributed by atoms with Crippen LogP contribution in [0.4, 0.5) is 4.39 Å². The Bertz CT molecular complexity index is 404. The largest absolute Gasteiger partial charge is 0.275 e. The van der Waals surface area contributed by atoms with Crippen LogP contribution in [0.1, 0.15) is 13.8 Å². The normalized spacial score (nSPS) is 9.33. The number of nitrogens with zero attached hydrogens (tertiary/aromatic N) is 2. The van der Waals surface area contributed by atoms with Gasteiger partial charge in [-0.1, -0.05) is 13.8 Å². The van der Waals surface area contributed by atoms with Crippen LogP contribution in [0.3, 0.4) is 0 Å². The first kappa shape index (κ1) is 11.4. The van der Waals surface area contributed by atoms with E-state index in [1.165, 1.54) is 12.1 Å². The quantitative estimate of drug-likeness (QED) is 0.700. The molecule has 2 rings (SSSR count). The molecule has 15 heavy (non-hydrogen) atoms. The van der Waals surface area contributed by atoms with Crippen molar-refractivity contribution in [2.24, 2.45) is 7.05 Å². The van der Waals surface area contributed by atoms with Crippen LogP contribution in [0.5, 0.6) is 0 Å². The van der Waals surface area contributed by atoms with Crippen molar-refractivity contribution in [1.82, 2.24) is 9.78 Å². The minimum Gasteiger partial charge on any atom is -0.275 e. The summed E-state index contributed by atoms with van der Waals surface area (Å²) < 4.78 is 14.3. The van der Waals surface area contributed by atoms with Crippen LogP contribution < -0.4 is 0 Å². The Morgan fingerprint density at radius 1 is 1.07 bits per heavy atom. The molecule has 0 aliphatic carbocycles. The van der Waals surface area contributed by atoms with Crippen LogP contribution in [-0.2, 0) is 7.05 Å². The van der Waals surface area contributed by atoms with Crippen molar-refractivity contribution in [3.8, 4) is 11.3 Å². The monoisotopic (exact) mass is 206 g/mol. The standard InChI is InChI=1S/C10H9FN2.C2H6/c1-13-7-6-10(12-13)8-2-4-9(11)5-3-8;1-2/h2-7H,1H3;1-2H3. The summed E-state index contributed by atoms with van der Waals surface area (Å²) in [6, 6.07) is 8.20. The van der Waals surface area contributed by atoms with Gasteiger partial charge in [-0.25, -0.2) is 4.39 Å². The summed E-state index contributed by atoms with van der Waals surface area (Å²) in [6.45, 7) is 4.00. The van der Waals surface area contributed by atoms with Gasteiger partial charge >= 0.3 is 0 Å². The Balaban J connectivity index is 0.000000531. The lowest BCUT2D eigenvalue weighted by atomic mass is 10.1. The van der Waals surface area contributed by atoms with Crippen LogP contribution >= 0.6 is 0 Å². The first-order chi connectivity index (χ1) is 7.25. The molecule has 0 saturated carbocycles. The van der Waals surface area contributed by atoms with E-state index in [0.29, 0.717) is 0 Å². The molecule has 0 fully saturated rings. The molecule has 0 aliphatic rings. The number of rotatable bonds is 1. The lowest BCUT2D eigenvalue weighted by Crippen LogP contribution is -1.87. The fourth-order valence-electron chi connectivity index (χ4n) is 1.19. The number of aryl methyl sites for hydroxylation is 1. The Kier molecular flexibility index (Phi) is 4.03. The molecule has 0 unspecified atom stereocenters. The molecule has 80 valence electrons. The van der Waals surface area contributed by atoms with E-state index in [1.807, 2.05) is 33.2 Å². The minimum absolute atomic E-state index is 0.223. The zero-order valence-corrected chi connectivity index (χ0v) is 9.24.